The summed E-state index contributed by atoms with van der Waals surface area (Å²) in [5.74, 6) is 0. The van der Waals surface area contributed by atoms with Gasteiger partial charge in [0.05, 0.1) is 0 Å². The van der Waals surface area contributed by atoms with Crippen molar-refractivity contribution in [1.82, 2.24) is 7.77 Å². The van der Waals surface area contributed by atoms with Crippen molar-refractivity contribution in [1.29, 1.82) is 0 Å². The Morgan fingerprint density at radius 2 is 2.00 bits per heavy atom. The van der Waals surface area contributed by atoms with Crippen LogP contribution in [0.2, 0.25) is 0 Å². The molecule has 0 unspecified atom stereocenters. The average molecular weight is 188 g/mol. The molecule has 3 aliphatic rings. The molecular weight excluding hydrogens is 175 g/mol. The zero-order chi connectivity index (χ0) is 8.27. The van der Waals surface area contributed by atoms with Crippen molar-refractivity contribution in [2.45, 2.75) is 19.8 Å². The first-order valence-corrected chi connectivity index (χ1v) is 6.70. The minimum atomic E-state index is -1.02. The Morgan fingerprint density at radius 1 is 1.55 bits per heavy atom. The highest BCUT2D eigenvalue weighted by molar-refractivity contribution is 7.05. The van der Waals surface area contributed by atoms with Crippen molar-refractivity contribution < 1.29 is 0 Å². The van der Waals surface area contributed by atoms with Crippen LogP contribution in [0.25, 0.3) is 0 Å². The molecule has 0 aliphatic carbocycles. The lowest BCUT2D eigenvalue weighted by Gasteiger charge is -2.35. The zero-order valence-electron chi connectivity index (χ0n) is 6.83. The van der Waals surface area contributed by atoms with Crippen LogP contribution in [-0.4, -0.2) is 28.1 Å². The summed E-state index contributed by atoms with van der Waals surface area (Å²) in [5, 5.41) is 0. The molecule has 3 rings (SSSR count). The third kappa shape index (κ3) is 2.05. The monoisotopic (exact) mass is 187 g/mol. The summed E-state index contributed by atoms with van der Waals surface area (Å²) in [7, 11) is 5.84. The molecule has 0 amide bonds. The van der Waals surface area contributed by atoms with Crippen LogP contribution in [0.15, 0.2) is 12.4 Å². The maximum Gasteiger partial charge on any atom is 0.709 e. The van der Waals surface area contributed by atoms with Crippen LogP contribution in [0, 0.1) is 6.92 Å². The molecule has 0 atom stereocenters. The molecule has 0 spiro atoms. The smallest absolute Gasteiger partial charge is 0.422 e. The molecule has 0 aromatic carbocycles. The quantitative estimate of drug-likeness (QED) is 0.579. The molecule has 2 nitrogen and oxygen atoms in total. The lowest BCUT2D eigenvalue weighted by Crippen LogP contribution is -2.54. The molecule has 0 saturated carbocycles. The normalized spacial score (nSPS) is 17.9. The Labute approximate surface area is 77.4 Å². The number of hydrogen-bond acceptors (Lipinski definition) is 2. The maximum absolute atomic E-state index is 5.84. The summed E-state index contributed by atoms with van der Waals surface area (Å²) in [6, 6.07) is 0. The Kier molecular flexibility index (Phi) is 3.58. The van der Waals surface area contributed by atoms with E-state index in [4.69, 9.17) is 10.0 Å². The van der Waals surface area contributed by atoms with E-state index in [0.717, 1.165) is 13.1 Å². The van der Waals surface area contributed by atoms with Crippen molar-refractivity contribution in [2.24, 2.45) is 0 Å². The van der Waals surface area contributed by atoms with Crippen molar-refractivity contribution >= 4 is 23.7 Å². The first-order valence-electron chi connectivity index (χ1n) is 3.92. The van der Waals surface area contributed by atoms with Crippen molar-refractivity contribution in [3.05, 3.63) is 19.3 Å². The second-order valence-corrected chi connectivity index (χ2v) is 5.75. The predicted octanol–water partition coefficient (Wildman–Crippen LogP) is 1.89. The zero-order valence-corrected chi connectivity index (χ0v) is 8.74. The fourth-order valence-electron chi connectivity index (χ4n) is 0.825. The molecule has 0 aromatic rings. The summed E-state index contributed by atoms with van der Waals surface area (Å²) >= 11 is -1.02. The predicted molar refractivity (Wildman–Crippen MR) is 49.6 cm³/mol. The van der Waals surface area contributed by atoms with Crippen LogP contribution in [0.5, 0.6) is 0 Å². The molecule has 11 heavy (non-hydrogen) atoms. The Morgan fingerprint density at radius 3 is 2.09 bits per heavy atom. The van der Waals surface area contributed by atoms with Gasteiger partial charge in [-0.2, -0.15) is 10.0 Å². The molecular formula is C7H13AlClN2. The van der Waals surface area contributed by atoms with E-state index in [0.29, 0.717) is 0 Å². The Hall–Kier alpha value is 0.162. The van der Waals surface area contributed by atoms with Crippen LogP contribution in [0.1, 0.15) is 19.8 Å². The molecule has 3 heterocycles. The maximum atomic E-state index is 5.84. The molecule has 1 radical (unpaired) electrons. The molecule has 1 fully saturated rings. The van der Waals surface area contributed by atoms with E-state index in [2.05, 4.69) is 34.0 Å². The largest absolute Gasteiger partial charge is 0.709 e. The van der Waals surface area contributed by atoms with Gasteiger partial charge >= 0.3 is 13.7 Å². The summed E-state index contributed by atoms with van der Waals surface area (Å²) in [6.07, 6.45) is 6.40. The van der Waals surface area contributed by atoms with Gasteiger partial charge in [-0.15, -0.1) is 0 Å². The fourth-order valence-corrected chi connectivity index (χ4v) is 2.76. The van der Waals surface area contributed by atoms with Crippen LogP contribution >= 0.6 is 10.0 Å². The van der Waals surface area contributed by atoms with Gasteiger partial charge in [0, 0.05) is 6.67 Å². The van der Waals surface area contributed by atoms with Gasteiger partial charge in [0.15, 0.2) is 0 Å². The number of nitrogens with zero attached hydrogens (tertiary/aromatic N) is 2. The molecule has 4 heteroatoms. The highest BCUT2D eigenvalue weighted by Gasteiger charge is 2.45. The molecule has 61 valence electrons. The number of rotatable bonds is 1. The van der Waals surface area contributed by atoms with E-state index < -0.39 is 13.7 Å². The van der Waals surface area contributed by atoms with Crippen LogP contribution in [0.4, 0.5) is 0 Å². The third-order valence-electron chi connectivity index (χ3n) is 1.68. The third-order valence-corrected chi connectivity index (χ3v) is 4.95. The molecule has 0 aromatic heterocycles. The summed E-state index contributed by atoms with van der Waals surface area (Å²) in [4.78, 5) is 0. The van der Waals surface area contributed by atoms with Crippen LogP contribution < -0.4 is 0 Å². The van der Waals surface area contributed by atoms with E-state index in [1.54, 1.807) is 0 Å². The van der Waals surface area contributed by atoms with E-state index in [9.17, 15) is 0 Å². The SMILES string of the molecule is [CH2]CCC.[Cl][Al]1[N]2C=C[N]1C2. The Bertz CT molecular complexity index is 137. The van der Waals surface area contributed by atoms with E-state index >= 15 is 0 Å². The number of halogens is 1. The molecule has 3 aliphatic heterocycles. The first kappa shape index (κ1) is 9.25. The minimum absolute atomic E-state index is 1.02. The Balaban J connectivity index is 0.000000134. The molecule has 2 bridgehead atoms. The van der Waals surface area contributed by atoms with Gasteiger partial charge in [-0.3, -0.25) is 0 Å². The van der Waals surface area contributed by atoms with E-state index in [1.165, 1.54) is 6.42 Å². The van der Waals surface area contributed by atoms with Crippen molar-refractivity contribution in [2.75, 3.05) is 6.67 Å². The first-order chi connectivity index (χ1) is 5.29. The van der Waals surface area contributed by atoms with E-state index in [1.807, 2.05) is 0 Å². The summed E-state index contributed by atoms with van der Waals surface area (Å²) < 4.78 is 4.39. The van der Waals surface area contributed by atoms with Crippen LogP contribution in [0.3, 0.4) is 0 Å². The number of hydrogen-bond donors (Lipinski definition) is 0. The lowest BCUT2D eigenvalue weighted by molar-refractivity contribution is 0.361. The summed E-state index contributed by atoms with van der Waals surface area (Å²) in [5.41, 5.74) is 0. The van der Waals surface area contributed by atoms with Gasteiger partial charge in [0.25, 0.3) is 0 Å². The fraction of sp³-hybridized carbons (Fsp3) is 0.571. The lowest BCUT2D eigenvalue weighted by atomic mass is 10.4. The van der Waals surface area contributed by atoms with Gasteiger partial charge in [-0.05, 0) is 12.4 Å². The minimum Gasteiger partial charge on any atom is -0.422 e. The van der Waals surface area contributed by atoms with Gasteiger partial charge in [0.2, 0.25) is 0 Å². The van der Waals surface area contributed by atoms with Gasteiger partial charge in [-0.25, -0.2) is 0 Å². The van der Waals surface area contributed by atoms with Gasteiger partial charge in [-0.1, -0.05) is 26.7 Å². The van der Waals surface area contributed by atoms with Gasteiger partial charge < -0.3 is 7.77 Å². The van der Waals surface area contributed by atoms with Crippen LogP contribution in [-0.2, 0) is 0 Å². The second kappa shape index (κ2) is 4.25. The van der Waals surface area contributed by atoms with Crippen molar-refractivity contribution in [3.8, 4) is 0 Å². The van der Waals surface area contributed by atoms with Crippen molar-refractivity contribution in [3.63, 3.8) is 0 Å². The summed E-state index contributed by atoms with van der Waals surface area (Å²) in [6.45, 7) is 6.78. The highest BCUT2D eigenvalue weighted by Crippen LogP contribution is 2.24. The topological polar surface area (TPSA) is 6.48 Å². The second-order valence-electron chi connectivity index (χ2n) is 2.63. The van der Waals surface area contributed by atoms with E-state index in [-0.39, 0.29) is 0 Å². The van der Waals surface area contributed by atoms with Gasteiger partial charge in [0.1, 0.15) is 0 Å². The highest BCUT2D eigenvalue weighted by atomic mass is 35.6. The average Bonchev–Trinajstić information content (AvgIpc) is 2.64. The number of unbranched alkanes of at least 4 members (excludes halogenated alkanes) is 1. The molecule has 1 saturated heterocycles. The standard InChI is InChI=1S/C4H9.C3H4N2.Al.ClH/c1-3-4-2;1-2-5-3-4-1;;/h1,3-4H2,2H3;1-2H,3H2;;1H/q;-2;+3;/p-1. The molecule has 0 N–H and O–H groups in total.